The lowest BCUT2D eigenvalue weighted by Gasteiger charge is -2.24. The van der Waals surface area contributed by atoms with Gasteiger partial charge in [-0.3, -0.25) is 9.59 Å². The standard InChI is InChI=1S/C20H21ClN2O3/c1-14-4-10-17(11-5-14)26-13-19(24)23-12-2-3-18(23)20(25)22-16-8-6-15(21)7-9-16/h4-11,18H,2-3,12-13H2,1H3,(H,22,25)/t18-/m0/s1. The fourth-order valence-corrected chi connectivity index (χ4v) is 3.09. The van der Waals surface area contributed by atoms with Crippen molar-refractivity contribution in [1.82, 2.24) is 4.90 Å². The number of anilines is 1. The van der Waals surface area contributed by atoms with Crippen molar-refractivity contribution >= 4 is 29.1 Å². The Morgan fingerprint density at radius 2 is 1.85 bits per heavy atom. The largest absolute Gasteiger partial charge is 0.484 e. The molecule has 1 heterocycles. The van der Waals surface area contributed by atoms with E-state index in [0.717, 1.165) is 12.0 Å². The van der Waals surface area contributed by atoms with E-state index in [4.69, 9.17) is 16.3 Å². The quantitative estimate of drug-likeness (QED) is 0.871. The summed E-state index contributed by atoms with van der Waals surface area (Å²) in [6.45, 7) is 2.48. The Morgan fingerprint density at radius 3 is 2.54 bits per heavy atom. The third-order valence-electron chi connectivity index (χ3n) is 4.37. The molecule has 26 heavy (non-hydrogen) atoms. The minimum absolute atomic E-state index is 0.0756. The summed E-state index contributed by atoms with van der Waals surface area (Å²) in [6, 6.07) is 13.9. The number of nitrogens with one attached hydrogen (secondary N) is 1. The second kappa shape index (κ2) is 8.23. The average Bonchev–Trinajstić information content (AvgIpc) is 3.13. The van der Waals surface area contributed by atoms with Crippen molar-refractivity contribution in [2.24, 2.45) is 0 Å². The first-order chi connectivity index (χ1) is 12.5. The summed E-state index contributed by atoms with van der Waals surface area (Å²) < 4.78 is 5.56. The zero-order chi connectivity index (χ0) is 18.5. The fourth-order valence-electron chi connectivity index (χ4n) is 2.96. The third kappa shape index (κ3) is 4.55. The van der Waals surface area contributed by atoms with E-state index < -0.39 is 6.04 Å². The number of nitrogens with zero attached hydrogens (tertiary/aromatic N) is 1. The molecular weight excluding hydrogens is 352 g/mol. The lowest BCUT2D eigenvalue weighted by Crippen LogP contribution is -2.45. The summed E-state index contributed by atoms with van der Waals surface area (Å²) in [7, 11) is 0. The van der Waals surface area contributed by atoms with Crippen LogP contribution in [-0.2, 0) is 9.59 Å². The maximum atomic E-state index is 12.5. The molecule has 0 aromatic heterocycles. The minimum Gasteiger partial charge on any atom is -0.484 e. The number of benzene rings is 2. The van der Waals surface area contributed by atoms with Gasteiger partial charge in [-0.1, -0.05) is 29.3 Å². The van der Waals surface area contributed by atoms with Crippen molar-refractivity contribution in [2.75, 3.05) is 18.5 Å². The molecule has 2 amide bonds. The number of halogens is 1. The van der Waals surface area contributed by atoms with Gasteiger partial charge < -0.3 is 15.0 Å². The van der Waals surface area contributed by atoms with Crippen LogP contribution in [0.4, 0.5) is 5.69 Å². The smallest absolute Gasteiger partial charge is 0.261 e. The molecule has 1 saturated heterocycles. The highest BCUT2D eigenvalue weighted by Gasteiger charge is 2.34. The Hall–Kier alpha value is -2.53. The molecule has 0 unspecified atom stereocenters. The van der Waals surface area contributed by atoms with Crippen LogP contribution in [0.1, 0.15) is 18.4 Å². The van der Waals surface area contributed by atoms with Gasteiger partial charge in [-0.05, 0) is 56.2 Å². The van der Waals surface area contributed by atoms with Crippen LogP contribution in [0.3, 0.4) is 0 Å². The second-order valence-electron chi connectivity index (χ2n) is 6.34. The van der Waals surface area contributed by atoms with Crippen LogP contribution in [0, 0.1) is 6.92 Å². The first-order valence-electron chi connectivity index (χ1n) is 8.58. The lowest BCUT2D eigenvalue weighted by molar-refractivity contribution is -0.138. The van der Waals surface area contributed by atoms with E-state index in [2.05, 4.69) is 5.32 Å². The summed E-state index contributed by atoms with van der Waals surface area (Å²) in [5, 5.41) is 3.45. The molecule has 5 nitrogen and oxygen atoms in total. The van der Waals surface area contributed by atoms with Crippen LogP contribution >= 0.6 is 11.6 Å². The van der Waals surface area contributed by atoms with E-state index in [1.54, 1.807) is 29.2 Å². The molecule has 1 aliphatic rings. The number of amides is 2. The van der Waals surface area contributed by atoms with Crippen molar-refractivity contribution < 1.29 is 14.3 Å². The fraction of sp³-hybridized carbons (Fsp3) is 0.300. The van der Waals surface area contributed by atoms with E-state index in [1.165, 1.54) is 0 Å². The molecule has 3 rings (SSSR count). The van der Waals surface area contributed by atoms with E-state index in [9.17, 15) is 9.59 Å². The molecule has 136 valence electrons. The Labute approximate surface area is 157 Å². The van der Waals surface area contributed by atoms with Gasteiger partial charge in [-0.25, -0.2) is 0 Å². The first-order valence-corrected chi connectivity index (χ1v) is 8.96. The molecular formula is C20H21ClN2O3. The van der Waals surface area contributed by atoms with Crippen molar-refractivity contribution in [2.45, 2.75) is 25.8 Å². The second-order valence-corrected chi connectivity index (χ2v) is 6.78. The van der Waals surface area contributed by atoms with Crippen molar-refractivity contribution in [3.05, 3.63) is 59.1 Å². The predicted molar refractivity (Wildman–Crippen MR) is 101 cm³/mol. The van der Waals surface area contributed by atoms with Crippen LogP contribution < -0.4 is 10.1 Å². The minimum atomic E-state index is -0.472. The zero-order valence-corrected chi connectivity index (χ0v) is 15.3. The number of aryl methyl sites for hydroxylation is 1. The predicted octanol–water partition coefficient (Wildman–Crippen LogP) is 3.66. The van der Waals surface area contributed by atoms with Gasteiger partial charge >= 0.3 is 0 Å². The van der Waals surface area contributed by atoms with E-state index in [-0.39, 0.29) is 18.4 Å². The van der Waals surface area contributed by atoms with Crippen molar-refractivity contribution in [3.63, 3.8) is 0 Å². The monoisotopic (exact) mass is 372 g/mol. The number of rotatable bonds is 5. The Balaban J connectivity index is 1.57. The average molecular weight is 373 g/mol. The van der Waals surface area contributed by atoms with Gasteiger partial charge in [-0.2, -0.15) is 0 Å². The van der Waals surface area contributed by atoms with Gasteiger partial charge in [0.2, 0.25) is 5.91 Å². The molecule has 0 radical (unpaired) electrons. The van der Waals surface area contributed by atoms with E-state index >= 15 is 0 Å². The Kier molecular flexibility index (Phi) is 5.78. The number of likely N-dealkylation sites (tertiary alicyclic amines) is 1. The molecule has 1 N–H and O–H groups in total. The van der Waals surface area contributed by atoms with Crippen LogP contribution in [-0.4, -0.2) is 35.9 Å². The summed E-state index contributed by atoms with van der Waals surface area (Å²) in [5.74, 6) is 0.276. The summed E-state index contributed by atoms with van der Waals surface area (Å²) in [6.07, 6.45) is 1.45. The SMILES string of the molecule is Cc1ccc(OCC(=O)N2CCC[C@H]2C(=O)Nc2ccc(Cl)cc2)cc1. The normalized spacial score (nSPS) is 16.4. The Morgan fingerprint density at radius 1 is 1.15 bits per heavy atom. The maximum absolute atomic E-state index is 12.5. The van der Waals surface area contributed by atoms with Crippen molar-refractivity contribution in [1.29, 1.82) is 0 Å². The van der Waals surface area contributed by atoms with Crippen LogP contribution in [0.2, 0.25) is 5.02 Å². The number of hydrogen-bond acceptors (Lipinski definition) is 3. The first kappa shape index (κ1) is 18.3. The van der Waals surface area contributed by atoms with Gasteiger partial charge in [0.1, 0.15) is 11.8 Å². The van der Waals surface area contributed by atoms with Gasteiger partial charge in [0.25, 0.3) is 5.91 Å². The van der Waals surface area contributed by atoms with Gasteiger partial charge in [0.05, 0.1) is 0 Å². The molecule has 0 bridgehead atoms. The number of ether oxygens (including phenoxy) is 1. The summed E-state index contributed by atoms with van der Waals surface area (Å²) in [4.78, 5) is 26.6. The highest BCUT2D eigenvalue weighted by molar-refractivity contribution is 6.30. The number of hydrogen-bond donors (Lipinski definition) is 1. The van der Waals surface area contributed by atoms with E-state index in [0.29, 0.717) is 29.4 Å². The number of carbonyl (C=O) groups excluding carboxylic acids is 2. The molecule has 6 heteroatoms. The van der Waals surface area contributed by atoms with Crippen LogP contribution in [0.15, 0.2) is 48.5 Å². The Bertz CT molecular complexity index is 775. The van der Waals surface area contributed by atoms with E-state index in [1.807, 2.05) is 31.2 Å². The maximum Gasteiger partial charge on any atom is 0.261 e. The lowest BCUT2D eigenvalue weighted by atomic mass is 10.2. The molecule has 1 aliphatic heterocycles. The van der Waals surface area contributed by atoms with Gasteiger partial charge in [-0.15, -0.1) is 0 Å². The molecule has 2 aromatic carbocycles. The van der Waals surface area contributed by atoms with Crippen molar-refractivity contribution in [3.8, 4) is 5.75 Å². The van der Waals surface area contributed by atoms with Crippen LogP contribution in [0.5, 0.6) is 5.75 Å². The molecule has 0 aliphatic carbocycles. The highest BCUT2D eigenvalue weighted by atomic mass is 35.5. The highest BCUT2D eigenvalue weighted by Crippen LogP contribution is 2.21. The van der Waals surface area contributed by atoms with Gasteiger partial charge in [0.15, 0.2) is 6.61 Å². The molecule has 1 atom stereocenters. The summed E-state index contributed by atoms with van der Waals surface area (Å²) in [5.41, 5.74) is 1.79. The van der Waals surface area contributed by atoms with Crippen LogP contribution in [0.25, 0.3) is 0 Å². The third-order valence-corrected chi connectivity index (χ3v) is 4.62. The molecule has 0 spiro atoms. The zero-order valence-electron chi connectivity index (χ0n) is 14.6. The van der Waals surface area contributed by atoms with Gasteiger partial charge in [0, 0.05) is 17.3 Å². The molecule has 0 saturated carbocycles. The molecule has 2 aromatic rings. The summed E-state index contributed by atoms with van der Waals surface area (Å²) >= 11 is 5.85. The molecule has 1 fully saturated rings. The topological polar surface area (TPSA) is 58.6 Å². The number of carbonyl (C=O) groups is 2.